The third-order valence-corrected chi connectivity index (χ3v) is 0.319. The van der Waals surface area contributed by atoms with E-state index in [0.29, 0.717) is 0 Å². The molecule has 0 unspecified atom stereocenters. The second-order valence-electron chi connectivity index (χ2n) is 0.572. The van der Waals surface area contributed by atoms with Crippen molar-refractivity contribution in [1.29, 1.82) is 0 Å². The van der Waals surface area contributed by atoms with Crippen molar-refractivity contribution in [1.82, 2.24) is 0 Å². The zero-order valence-electron chi connectivity index (χ0n) is 3.11. The average molecular weight is 346 g/mol. The Labute approximate surface area is 71.5 Å². The van der Waals surface area contributed by atoms with E-state index in [4.69, 9.17) is 15.0 Å². The zero-order chi connectivity index (χ0) is 5.21. The van der Waals surface area contributed by atoms with Gasteiger partial charge in [0.2, 0.25) is 0 Å². The first-order valence-electron chi connectivity index (χ1n) is 0.948. The van der Waals surface area contributed by atoms with Crippen molar-refractivity contribution < 1.29 is 64.2 Å². The minimum absolute atomic E-state index is 0. The summed E-state index contributed by atoms with van der Waals surface area (Å²) in [5.41, 5.74) is 0. The molecule has 0 aromatic heterocycles. The van der Waals surface area contributed by atoms with Crippen LogP contribution in [-0.2, 0) is 9.24 Å². The maximum absolute atomic E-state index is 9.22. The largest absolute Gasteiger partial charge is 0.496 e. The summed E-state index contributed by atoms with van der Waals surface area (Å²) in [4.78, 5) is 14.9. The minimum Gasteiger partial charge on any atom is -0.301 e. The van der Waals surface area contributed by atoms with E-state index in [0.717, 1.165) is 0 Å². The summed E-state index contributed by atoms with van der Waals surface area (Å²) in [5, 5.41) is 7.14. The Morgan fingerprint density at radius 3 is 1.57 bits per heavy atom. The van der Waals surface area contributed by atoms with Crippen molar-refractivity contribution in [3.8, 4) is 0 Å². The molecule has 0 rings (SSSR count). The van der Waals surface area contributed by atoms with E-state index in [2.05, 4.69) is 4.67 Å². The molecule has 0 bridgehead atoms. The SMILES string of the molecule is O=P(O)(O)OO.[Th]. The van der Waals surface area contributed by atoms with Gasteiger partial charge in [-0.1, -0.05) is 0 Å². The van der Waals surface area contributed by atoms with Crippen LogP contribution >= 0.6 is 7.82 Å². The first-order chi connectivity index (χ1) is 2.56. The van der Waals surface area contributed by atoms with Crippen molar-refractivity contribution >= 4 is 7.82 Å². The summed E-state index contributed by atoms with van der Waals surface area (Å²) < 4.78 is 11.8. The maximum atomic E-state index is 9.22. The van der Waals surface area contributed by atoms with Gasteiger partial charge in [-0.05, 0) is 0 Å². The molecule has 0 fully saturated rings. The van der Waals surface area contributed by atoms with Crippen LogP contribution in [0.15, 0.2) is 0 Å². The first-order valence-corrected chi connectivity index (χ1v) is 2.48. The Morgan fingerprint density at radius 2 is 1.57 bits per heavy atom. The van der Waals surface area contributed by atoms with Crippen molar-refractivity contribution in [2.75, 3.05) is 0 Å². The standard InChI is InChI=1S/H3O5P.Th/c1-5-6(2,3)4;/h1H,(H2,2,3,4);. The van der Waals surface area contributed by atoms with Gasteiger partial charge in [0.05, 0.1) is 0 Å². The molecule has 42 valence electrons. The third-order valence-electron chi connectivity index (χ3n) is 0.106. The van der Waals surface area contributed by atoms with Gasteiger partial charge in [-0.15, -0.1) is 4.67 Å². The molecule has 0 aromatic carbocycles. The predicted octanol–water partition coefficient (Wildman–Crippen LogP) is -0.431. The van der Waals surface area contributed by atoms with Crippen LogP contribution in [0.5, 0.6) is 0 Å². The van der Waals surface area contributed by atoms with E-state index in [1.54, 1.807) is 0 Å². The molecule has 0 aliphatic carbocycles. The van der Waals surface area contributed by atoms with Crippen LogP contribution in [-0.4, -0.2) is 15.0 Å². The van der Waals surface area contributed by atoms with Crippen molar-refractivity contribution in [3.05, 3.63) is 0 Å². The van der Waals surface area contributed by atoms with Gasteiger partial charge in [-0.25, -0.2) is 9.82 Å². The summed E-state index contributed by atoms with van der Waals surface area (Å²) >= 11 is 0. The molecule has 0 aliphatic heterocycles. The summed E-state index contributed by atoms with van der Waals surface area (Å²) in [6.07, 6.45) is 0. The normalized spacial score (nSPS) is 10.1. The molecule has 0 heterocycles. The molecule has 0 saturated heterocycles. The van der Waals surface area contributed by atoms with Gasteiger partial charge in [-0.3, -0.25) is 0 Å². The van der Waals surface area contributed by atoms with Gasteiger partial charge in [0.1, 0.15) is 0 Å². The van der Waals surface area contributed by atoms with Crippen LogP contribution in [0.25, 0.3) is 0 Å². The summed E-state index contributed by atoms with van der Waals surface area (Å²) in [5.74, 6) is 0. The smallest absolute Gasteiger partial charge is 0.301 e. The quantitative estimate of drug-likeness (QED) is 0.341. The predicted molar refractivity (Wildman–Crippen MR) is 15.8 cm³/mol. The summed E-state index contributed by atoms with van der Waals surface area (Å²) in [7, 11) is -4.59. The van der Waals surface area contributed by atoms with Gasteiger partial charge >= 0.3 is 7.82 Å². The van der Waals surface area contributed by atoms with Gasteiger partial charge in [0, 0.05) is 39.9 Å². The van der Waals surface area contributed by atoms with Crippen LogP contribution in [0.1, 0.15) is 0 Å². The van der Waals surface area contributed by atoms with Crippen molar-refractivity contribution in [3.63, 3.8) is 0 Å². The van der Waals surface area contributed by atoms with E-state index in [1.165, 1.54) is 0 Å². The maximum Gasteiger partial charge on any atom is 0.496 e. The molecule has 5 nitrogen and oxygen atoms in total. The third kappa shape index (κ3) is 11.1. The van der Waals surface area contributed by atoms with Crippen molar-refractivity contribution in [2.45, 2.75) is 0 Å². The molecular weight excluding hydrogens is 343 g/mol. The number of rotatable bonds is 1. The molecular formula is H3O5PTh. The van der Waals surface area contributed by atoms with Crippen LogP contribution < -0.4 is 0 Å². The first kappa shape index (κ1) is 11.2. The Balaban J connectivity index is 0. The summed E-state index contributed by atoms with van der Waals surface area (Å²) in [6.45, 7) is 0. The average Bonchev–Trinajstić information content (AvgIpc) is 1.35. The van der Waals surface area contributed by atoms with Crippen LogP contribution in [0.4, 0.5) is 0 Å². The molecule has 3 N–H and O–H groups in total. The van der Waals surface area contributed by atoms with Crippen molar-refractivity contribution in [2.24, 2.45) is 0 Å². The molecule has 0 aliphatic rings. The number of hydrogen-bond acceptors (Lipinski definition) is 3. The van der Waals surface area contributed by atoms with Crippen LogP contribution in [0.2, 0.25) is 0 Å². The van der Waals surface area contributed by atoms with E-state index >= 15 is 0 Å². The zero-order valence-corrected chi connectivity index (χ0v) is 8.11. The van der Waals surface area contributed by atoms with Gasteiger partial charge in [0.15, 0.2) is 0 Å². The fourth-order valence-corrected chi connectivity index (χ4v) is 0. The molecule has 0 radical (unpaired) electrons. The second kappa shape index (κ2) is 4.29. The van der Waals surface area contributed by atoms with Crippen LogP contribution in [0, 0.1) is 39.9 Å². The van der Waals surface area contributed by atoms with Gasteiger partial charge < -0.3 is 9.79 Å². The summed E-state index contributed by atoms with van der Waals surface area (Å²) in [6, 6.07) is 0. The van der Waals surface area contributed by atoms with Crippen LogP contribution in [0.3, 0.4) is 0 Å². The Morgan fingerprint density at radius 1 is 1.43 bits per heavy atom. The Bertz CT molecular complexity index is 72.1. The monoisotopic (exact) mass is 346 g/mol. The number of hydrogen-bond donors (Lipinski definition) is 3. The molecule has 0 atom stereocenters. The van der Waals surface area contributed by atoms with E-state index in [1.807, 2.05) is 0 Å². The number of phosphoric acid groups is 1. The second-order valence-corrected chi connectivity index (χ2v) is 1.72. The molecule has 0 spiro atoms. The Hall–Kier alpha value is 1.39. The molecule has 0 amide bonds. The molecule has 7 heavy (non-hydrogen) atoms. The van der Waals surface area contributed by atoms with Gasteiger partial charge in [0.25, 0.3) is 0 Å². The van der Waals surface area contributed by atoms with E-state index in [9.17, 15) is 4.57 Å². The fraction of sp³-hybridized carbons (Fsp3) is 0. The van der Waals surface area contributed by atoms with E-state index in [-0.39, 0.29) is 39.9 Å². The van der Waals surface area contributed by atoms with E-state index < -0.39 is 7.82 Å². The minimum atomic E-state index is -4.59. The molecule has 0 aromatic rings. The van der Waals surface area contributed by atoms with Gasteiger partial charge in [-0.2, -0.15) is 0 Å². The topological polar surface area (TPSA) is 87.0 Å². The molecule has 7 heteroatoms. The fourth-order valence-electron chi connectivity index (χ4n) is 0. The molecule has 0 saturated carbocycles. The Kier molecular flexibility index (Phi) is 6.88.